The number of nitro benzene ring substituents is 1. The largest absolute Gasteiger partial charge is 0.393 e. The van der Waals surface area contributed by atoms with Gasteiger partial charge >= 0.3 is 0 Å². The van der Waals surface area contributed by atoms with Crippen molar-refractivity contribution in [2.24, 2.45) is 0 Å². The van der Waals surface area contributed by atoms with Gasteiger partial charge in [-0.05, 0) is 0 Å². The van der Waals surface area contributed by atoms with Crippen LogP contribution in [-0.2, 0) is 0 Å². The Hall–Kier alpha value is -1.80. The zero-order valence-electron chi connectivity index (χ0n) is 8.17. The first-order chi connectivity index (χ1) is 7.56. The lowest BCUT2D eigenvalue weighted by atomic mass is 10.1. The zero-order valence-corrected chi connectivity index (χ0v) is 8.92. The second-order valence-corrected chi connectivity index (χ2v) is 3.27. The molecule has 0 aliphatic rings. The molecule has 6 heteroatoms. The minimum absolute atomic E-state index is 0.0500. The molecule has 1 rings (SSSR count). The molecule has 0 atom stereocenters. The molecule has 2 N–H and O–H groups in total. The zero-order chi connectivity index (χ0) is 12.1. The Bertz CT molecular complexity index is 480. The number of hydrogen-bond acceptors (Lipinski definition) is 3. The normalized spacial score (nSPS) is 9.38. The highest BCUT2D eigenvalue weighted by molar-refractivity contribution is 6.18. The highest BCUT2D eigenvalue weighted by Crippen LogP contribution is 2.24. The van der Waals surface area contributed by atoms with Gasteiger partial charge in [-0.15, -0.1) is 11.6 Å². The van der Waals surface area contributed by atoms with Crippen molar-refractivity contribution in [3.05, 3.63) is 33.6 Å². The van der Waals surface area contributed by atoms with Gasteiger partial charge in [0.1, 0.15) is 11.5 Å². The first-order valence-electron chi connectivity index (χ1n) is 4.34. The maximum absolute atomic E-state index is 13.3. The first kappa shape index (κ1) is 12.3. The number of nitrogens with zero attached hydrogens (tertiary/aromatic N) is 1. The van der Waals surface area contributed by atoms with Crippen LogP contribution in [0.4, 0.5) is 15.8 Å². The highest BCUT2D eigenvalue weighted by Gasteiger charge is 2.14. The number of nitrogens with two attached hydrogens (primary N) is 1. The predicted molar refractivity (Wildman–Crippen MR) is 59.7 cm³/mol. The monoisotopic (exact) mass is 242 g/mol. The summed E-state index contributed by atoms with van der Waals surface area (Å²) in [4.78, 5) is 9.87. The van der Waals surface area contributed by atoms with E-state index in [0.29, 0.717) is 12.3 Å². The van der Waals surface area contributed by atoms with E-state index in [9.17, 15) is 14.5 Å². The number of benzene rings is 1. The van der Waals surface area contributed by atoms with Crippen LogP contribution in [0.3, 0.4) is 0 Å². The molecule has 0 fully saturated rings. The van der Waals surface area contributed by atoms with Crippen LogP contribution in [0.2, 0.25) is 0 Å². The van der Waals surface area contributed by atoms with E-state index in [0.717, 1.165) is 12.1 Å². The van der Waals surface area contributed by atoms with Crippen LogP contribution in [0.25, 0.3) is 0 Å². The number of anilines is 1. The lowest BCUT2D eigenvalue weighted by Crippen LogP contribution is -1.98. The molecule has 0 spiro atoms. The van der Waals surface area contributed by atoms with Gasteiger partial charge in [0.15, 0.2) is 0 Å². The average Bonchev–Trinajstić information content (AvgIpc) is 2.21. The lowest BCUT2D eigenvalue weighted by Gasteiger charge is -1.99. The van der Waals surface area contributed by atoms with Crippen LogP contribution < -0.4 is 5.73 Å². The third kappa shape index (κ3) is 2.84. The summed E-state index contributed by atoms with van der Waals surface area (Å²) in [6.07, 6.45) is 0.388. The smallest absolute Gasteiger partial charge is 0.293 e. The van der Waals surface area contributed by atoms with Crippen molar-refractivity contribution >= 4 is 23.0 Å². The van der Waals surface area contributed by atoms with Gasteiger partial charge in [-0.2, -0.15) is 0 Å². The fourth-order valence-electron chi connectivity index (χ4n) is 1.04. The quantitative estimate of drug-likeness (QED) is 0.284. The molecular weight excluding hydrogens is 235 g/mol. The van der Waals surface area contributed by atoms with E-state index in [2.05, 4.69) is 11.8 Å². The molecule has 4 nitrogen and oxygen atoms in total. The van der Waals surface area contributed by atoms with Crippen LogP contribution in [0.5, 0.6) is 0 Å². The van der Waals surface area contributed by atoms with E-state index >= 15 is 0 Å². The van der Waals surface area contributed by atoms with Crippen molar-refractivity contribution in [2.75, 3.05) is 11.6 Å². The summed E-state index contributed by atoms with van der Waals surface area (Å²) in [7, 11) is 0. The Labute approximate surface area is 96.4 Å². The summed E-state index contributed by atoms with van der Waals surface area (Å²) >= 11 is 5.39. The lowest BCUT2D eigenvalue weighted by molar-refractivity contribution is -0.384. The van der Waals surface area contributed by atoms with Gasteiger partial charge in [0.05, 0.1) is 10.5 Å². The maximum atomic E-state index is 13.3. The van der Waals surface area contributed by atoms with Crippen molar-refractivity contribution in [3.63, 3.8) is 0 Å². The minimum Gasteiger partial charge on any atom is -0.393 e. The number of halogens is 2. The Morgan fingerprint density at radius 2 is 2.25 bits per heavy atom. The number of alkyl halides is 1. The third-order valence-corrected chi connectivity index (χ3v) is 1.94. The minimum atomic E-state index is -0.679. The summed E-state index contributed by atoms with van der Waals surface area (Å²) in [5, 5.41) is 10.5. The molecule has 0 saturated heterocycles. The van der Waals surface area contributed by atoms with Crippen LogP contribution in [0.15, 0.2) is 12.1 Å². The standard InChI is InChI=1S/C10H8ClFN2O2/c11-4-2-1-3-7-5-10(14(15)16)9(13)6-8(7)12/h5-6H,2,4,13H2. The van der Waals surface area contributed by atoms with Crippen LogP contribution >= 0.6 is 11.6 Å². The number of nitro groups is 1. The molecule has 0 unspecified atom stereocenters. The van der Waals surface area contributed by atoms with E-state index in [1.807, 2.05) is 0 Å². The average molecular weight is 243 g/mol. The van der Waals surface area contributed by atoms with Gasteiger partial charge < -0.3 is 5.73 Å². The fourth-order valence-corrected chi connectivity index (χ4v) is 1.13. The molecule has 0 heterocycles. The summed E-state index contributed by atoms with van der Waals surface area (Å²) in [5.41, 5.74) is 4.68. The topological polar surface area (TPSA) is 69.2 Å². The molecule has 1 aromatic carbocycles. The van der Waals surface area contributed by atoms with Crippen molar-refractivity contribution in [1.29, 1.82) is 0 Å². The molecule has 0 saturated carbocycles. The molecule has 0 radical (unpaired) electrons. The fraction of sp³-hybridized carbons (Fsp3) is 0.200. The molecule has 0 bridgehead atoms. The van der Waals surface area contributed by atoms with Gasteiger partial charge in [-0.25, -0.2) is 4.39 Å². The molecule has 0 aliphatic carbocycles. The number of hydrogen-bond donors (Lipinski definition) is 1. The van der Waals surface area contributed by atoms with E-state index in [1.165, 1.54) is 0 Å². The van der Waals surface area contributed by atoms with E-state index in [1.54, 1.807) is 0 Å². The van der Waals surface area contributed by atoms with Crippen molar-refractivity contribution in [1.82, 2.24) is 0 Å². The first-order valence-corrected chi connectivity index (χ1v) is 4.88. The van der Waals surface area contributed by atoms with E-state index < -0.39 is 10.7 Å². The predicted octanol–water partition coefficient (Wildman–Crippen LogP) is 2.30. The SMILES string of the molecule is Nc1cc(F)c(C#CCCCl)cc1[N+](=O)[O-]. The molecule has 0 aliphatic heterocycles. The highest BCUT2D eigenvalue weighted by atomic mass is 35.5. The summed E-state index contributed by atoms with van der Waals surface area (Å²) in [6, 6.07) is 1.91. The Morgan fingerprint density at radius 1 is 1.56 bits per heavy atom. The second-order valence-electron chi connectivity index (χ2n) is 2.89. The van der Waals surface area contributed by atoms with Gasteiger partial charge in [-0.3, -0.25) is 10.1 Å². The summed E-state index contributed by atoms with van der Waals surface area (Å²) in [6.45, 7) is 0. The summed E-state index contributed by atoms with van der Waals surface area (Å²) in [5.74, 6) is 4.71. The Kier molecular flexibility index (Phi) is 4.09. The molecule has 1 aromatic rings. The number of rotatable bonds is 2. The maximum Gasteiger partial charge on any atom is 0.293 e. The molecule has 84 valence electrons. The second kappa shape index (κ2) is 5.33. The molecular formula is C10H8ClFN2O2. The van der Waals surface area contributed by atoms with Gasteiger partial charge in [0, 0.05) is 24.4 Å². The van der Waals surface area contributed by atoms with Crippen molar-refractivity contribution in [2.45, 2.75) is 6.42 Å². The Morgan fingerprint density at radius 3 is 2.81 bits per heavy atom. The van der Waals surface area contributed by atoms with Crippen LogP contribution in [0.1, 0.15) is 12.0 Å². The summed E-state index contributed by atoms with van der Waals surface area (Å²) < 4.78 is 13.3. The van der Waals surface area contributed by atoms with Gasteiger partial charge in [0.25, 0.3) is 5.69 Å². The third-order valence-electron chi connectivity index (χ3n) is 1.76. The van der Waals surface area contributed by atoms with Crippen LogP contribution in [0, 0.1) is 27.8 Å². The molecule has 16 heavy (non-hydrogen) atoms. The van der Waals surface area contributed by atoms with E-state index in [4.69, 9.17) is 17.3 Å². The van der Waals surface area contributed by atoms with Crippen molar-refractivity contribution < 1.29 is 9.31 Å². The van der Waals surface area contributed by atoms with Crippen LogP contribution in [-0.4, -0.2) is 10.8 Å². The van der Waals surface area contributed by atoms with Crippen molar-refractivity contribution in [3.8, 4) is 11.8 Å². The van der Waals surface area contributed by atoms with Gasteiger partial charge in [0.2, 0.25) is 0 Å². The number of nitrogen functional groups attached to an aromatic ring is 1. The molecule has 0 amide bonds. The van der Waals surface area contributed by atoms with E-state index in [-0.39, 0.29) is 16.9 Å². The Balaban J connectivity index is 3.16. The van der Waals surface area contributed by atoms with Gasteiger partial charge in [-0.1, -0.05) is 11.8 Å². The molecule has 0 aromatic heterocycles.